The van der Waals surface area contributed by atoms with Gasteiger partial charge in [-0.2, -0.15) is 13.2 Å². The number of hydrogen-bond acceptors (Lipinski definition) is 1. The molecule has 0 N–H and O–H groups in total. The van der Waals surface area contributed by atoms with Crippen molar-refractivity contribution >= 4 is 0 Å². The topological polar surface area (TPSA) is 12.9 Å². The van der Waals surface area contributed by atoms with Gasteiger partial charge in [-0.1, -0.05) is 6.92 Å². The second-order valence-corrected chi connectivity index (χ2v) is 2.84. The number of nitrogens with zero attached hydrogens (tertiary/aromatic N) is 1. The third-order valence-electron chi connectivity index (χ3n) is 1.70. The van der Waals surface area contributed by atoms with E-state index >= 15 is 0 Å². The summed E-state index contributed by atoms with van der Waals surface area (Å²) in [6.45, 7) is 3.34. The van der Waals surface area contributed by atoms with Crippen molar-refractivity contribution in [3.05, 3.63) is 29.1 Å². The zero-order chi connectivity index (χ0) is 10.1. The van der Waals surface area contributed by atoms with Gasteiger partial charge < -0.3 is 0 Å². The smallest absolute Gasteiger partial charge is 0.258 e. The van der Waals surface area contributed by atoms with Crippen molar-refractivity contribution < 1.29 is 13.2 Å². The van der Waals surface area contributed by atoms with Crippen molar-refractivity contribution in [1.82, 2.24) is 4.98 Å². The lowest BCUT2D eigenvalue weighted by Crippen LogP contribution is -2.07. The van der Waals surface area contributed by atoms with Gasteiger partial charge in [-0.3, -0.25) is 4.98 Å². The minimum atomic E-state index is -4.27. The van der Waals surface area contributed by atoms with Gasteiger partial charge >= 0.3 is 6.18 Å². The highest BCUT2D eigenvalue weighted by Crippen LogP contribution is 2.29. The Balaban J connectivity index is 3.16. The number of aromatic nitrogens is 1. The number of rotatable bonds is 1. The Morgan fingerprint density at radius 1 is 1.31 bits per heavy atom. The molecular formula is C9H10F3N. The van der Waals surface area contributed by atoms with E-state index in [-0.39, 0.29) is 0 Å². The minimum absolute atomic E-state index is 0.409. The number of halogens is 3. The van der Waals surface area contributed by atoms with Gasteiger partial charge in [-0.15, -0.1) is 0 Å². The van der Waals surface area contributed by atoms with Crippen molar-refractivity contribution in [3.63, 3.8) is 0 Å². The fraction of sp³-hybridized carbons (Fsp3) is 0.444. The van der Waals surface area contributed by atoms with Crippen molar-refractivity contribution in [2.75, 3.05) is 0 Å². The van der Waals surface area contributed by atoms with E-state index in [1.54, 1.807) is 13.8 Å². The van der Waals surface area contributed by atoms with Gasteiger partial charge in [0.15, 0.2) is 0 Å². The summed E-state index contributed by atoms with van der Waals surface area (Å²) >= 11 is 0. The van der Waals surface area contributed by atoms with Crippen LogP contribution in [0.2, 0.25) is 0 Å². The molecule has 0 saturated carbocycles. The predicted molar refractivity (Wildman–Crippen MR) is 43.4 cm³/mol. The van der Waals surface area contributed by atoms with E-state index in [1.165, 1.54) is 0 Å². The summed E-state index contributed by atoms with van der Waals surface area (Å²) in [5.41, 5.74) is 0.274. The Morgan fingerprint density at radius 2 is 1.92 bits per heavy atom. The molecule has 0 atom stereocenters. The molecule has 1 aromatic rings. The van der Waals surface area contributed by atoms with Crippen LogP contribution in [0.15, 0.2) is 12.1 Å². The molecule has 1 rings (SSSR count). The Labute approximate surface area is 74.6 Å². The molecule has 0 saturated heterocycles. The van der Waals surface area contributed by atoms with Crippen LogP contribution in [0.25, 0.3) is 0 Å². The quantitative estimate of drug-likeness (QED) is 0.661. The van der Waals surface area contributed by atoms with E-state index in [2.05, 4.69) is 4.98 Å². The highest BCUT2D eigenvalue weighted by atomic mass is 19.4. The maximum atomic E-state index is 12.3. The monoisotopic (exact) mass is 189 g/mol. The molecule has 13 heavy (non-hydrogen) atoms. The summed E-state index contributed by atoms with van der Waals surface area (Å²) in [6.07, 6.45) is -3.75. The van der Waals surface area contributed by atoms with Gasteiger partial charge in [0.1, 0.15) is 0 Å². The van der Waals surface area contributed by atoms with Gasteiger partial charge in [0.05, 0.1) is 5.56 Å². The summed E-state index contributed by atoms with van der Waals surface area (Å²) in [5, 5.41) is 0. The molecule has 4 heteroatoms. The first-order chi connectivity index (χ1) is 5.93. The van der Waals surface area contributed by atoms with Crippen LogP contribution in [0.3, 0.4) is 0 Å². The average Bonchev–Trinajstić information content (AvgIpc) is 2.01. The van der Waals surface area contributed by atoms with Crippen LogP contribution in [-0.4, -0.2) is 4.98 Å². The zero-order valence-electron chi connectivity index (χ0n) is 7.44. The molecule has 0 bridgehead atoms. The molecule has 0 spiro atoms. The number of pyridine rings is 1. The van der Waals surface area contributed by atoms with Gasteiger partial charge in [0.25, 0.3) is 0 Å². The van der Waals surface area contributed by atoms with E-state index < -0.39 is 11.7 Å². The second kappa shape index (κ2) is 3.36. The normalized spacial score (nSPS) is 11.8. The Bertz CT molecular complexity index is 304. The lowest BCUT2D eigenvalue weighted by atomic mass is 10.1. The lowest BCUT2D eigenvalue weighted by Gasteiger charge is -2.08. The molecule has 0 amide bonds. The van der Waals surface area contributed by atoms with Gasteiger partial charge in [-0.05, 0) is 25.5 Å². The molecule has 0 unspecified atom stereocenters. The second-order valence-electron chi connectivity index (χ2n) is 2.84. The van der Waals surface area contributed by atoms with Crippen molar-refractivity contribution in [1.29, 1.82) is 0 Å². The Kier molecular flexibility index (Phi) is 2.59. The maximum Gasteiger partial charge on any atom is 0.416 e. The standard InChI is InChI=1S/C9H10F3N/c1-3-8-5-7(9(10,11)12)4-6(2)13-8/h4-5H,3H2,1-2H3. The minimum Gasteiger partial charge on any atom is -0.258 e. The van der Waals surface area contributed by atoms with E-state index in [9.17, 15) is 13.2 Å². The van der Waals surface area contributed by atoms with Crippen LogP contribution in [0.1, 0.15) is 23.9 Å². The summed E-state index contributed by atoms with van der Waals surface area (Å²) in [6, 6.07) is 2.14. The molecule has 0 aliphatic rings. The van der Waals surface area contributed by atoms with Gasteiger partial charge in [0.2, 0.25) is 0 Å². The lowest BCUT2D eigenvalue weighted by molar-refractivity contribution is -0.137. The van der Waals surface area contributed by atoms with Crippen molar-refractivity contribution in [2.45, 2.75) is 26.4 Å². The Hall–Kier alpha value is -1.06. The first kappa shape index (κ1) is 10.0. The molecule has 0 radical (unpaired) electrons. The number of alkyl halides is 3. The molecule has 0 fully saturated rings. The Morgan fingerprint density at radius 3 is 2.38 bits per heavy atom. The van der Waals surface area contributed by atoms with Gasteiger partial charge in [0, 0.05) is 11.4 Å². The first-order valence-electron chi connectivity index (χ1n) is 3.98. The number of aryl methyl sites for hydroxylation is 2. The first-order valence-corrected chi connectivity index (χ1v) is 3.98. The molecule has 1 nitrogen and oxygen atoms in total. The van der Waals surface area contributed by atoms with Crippen LogP contribution in [0, 0.1) is 6.92 Å². The highest BCUT2D eigenvalue weighted by molar-refractivity contribution is 5.23. The summed E-state index contributed by atoms with van der Waals surface area (Å²) < 4.78 is 36.8. The van der Waals surface area contributed by atoms with Gasteiger partial charge in [-0.25, -0.2) is 0 Å². The van der Waals surface area contributed by atoms with Crippen molar-refractivity contribution in [2.24, 2.45) is 0 Å². The molecular weight excluding hydrogens is 179 g/mol. The fourth-order valence-electron chi connectivity index (χ4n) is 1.08. The molecule has 0 aliphatic carbocycles. The predicted octanol–water partition coefficient (Wildman–Crippen LogP) is 2.97. The summed E-state index contributed by atoms with van der Waals surface area (Å²) in [7, 11) is 0. The van der Waals surface area contributed by atoms with E-state index in [4.69, 9.17) is 0 Å². The van der Waals surface area contributed by atoms with Crippen LogP contribution in [0.5, 0.6) is 0 Å². The summed E-state index contributed by atoms with van der Waals surface area (Å²) in [4.78, 5) is 3.97. The van der Waals surface area contributed by atoms with Crippen LogP contribution >= 0.6 is 0 Å². The average molecular weight is 189 g/mol. The van der Waals surface area contributed by atoms with Crippen molar-refractivity contribution in [3.8, 4) is 0 Å². The zero-order valence-corrected chi connectivity index (χ0v) is 7.44. The fourth-order valence-corrected chi connectivity index (χ4v) is 1.08. The third kappa shape index (κ3) is 2.44. The molecule has 0 aliphatic heterocycles. The van der Waals surface area contributed by atoms with Crippen LogP contribution in [0.4, 0.5) is 13.2 Å². The highest BCUT2D eigenvalue weighted by Gasteiger charge is 2.30. The summed E-state index contributed by atoms with van der Waals surface area (Å²) in [5.74, 6) is 0. The third-order valence-corrected chi connectivity index (χ3v) is 1.70. The SMILES string of the molecule is CCc1cc(C(F)(F)F)cc(C)n1. The van der Waals surface area contributed by atoms with Crippen LogP contribution < -0.4 is 0 Å². The number of hydrogen-bond donors (Lipinski definition) is 0. The van der Waals surface area contributed by atoms with Crippen LogP contribution in [-0.2, 0) is 12.6 Å². The molecule has 1 heterocycles. The molecule has 72 valence electrons. The van der Waals surface area contributed by atoms with E-state index in [1.807, 2.05) is 0 Å². The van der Waals surface area contributed by atoms with E-state index in [0.717, 1.165) is 12.1 Å². The largest absolute Gasteiger partial charge is 0.416 e. The molecule has 0 aromatic carbocycles. The maximum absolute atomic E-state index is 12.3. The molecule has 1 aromatic heterocycles. The van der Waals surface area contributed by atoms with E-state index in [0.29, 0.717) is 17.8 Å².